The number of carbonyl (C=O) groups is 1. The number of ether oxygens (including phenoxy) is 1. The summed E-state index contributed by atoms with van der Waals surface area (Å²) in [5.41, 5.74) is 11.2. The zero-order valence-electron chi connectivity index (χ0n) is 9.14. The van der Waals surface area contributed by atoms with E-state index >= 15 is 0 Å². The molecule has 1 amide bonds. The van der Waals surface area contributed by atoms with Gasteiger partial charge in [0.2, 0.25) is 5.91 Å². The van der Waals surface area contributed by atoms with Crippen LogP contribution in [-0.2, 0) is 9.53 Å². The number of nitrogens with zero attached hydrogens (tertiary/aromatic N) is 2. The van der Waals surface area contributed by atoms with Crippen molar-refractivity contribution in [2.75, 3.05) is 30.8 Å². The van der Waals surface area contributed by atoms with E-state index in [4.69, 9.17) is 21.5 Å². The molecule has 90 valence electrons. The van der Waals surface area contributed by atoms with E-state index in [1.165, 1.54) is 12.3 Å². The molecular formula is C10H13N5O2. The van der Waals surface area contributed by atoms with Crippen LogP contribution in [0.15, 0.2) is 12.3 Å². The number of primary amides is 1. The van der Waals surface area contributed by atoms with Crippen molar-refractivity contribution in [2.45, 2.75) is 0 Å². The van der Waals surface area contributed by atoms with Crippen molar-refractivity contribution in [3.8, 4) is 6.07 Å². The molecule has 1 aromatic heterocycles. The summed E-state index contributed by atoms with van der Waals surface area (Å²) < 4.78 is 4.94. The number of aromatic nitrogens is 1. The largest absolute Gasteiger partial charge is 0.397 e. The zero-order valence-corrected chi connectivity index (χ0v) is 9.14. The van der Waals surface area contributed by atoms with Crippen molar-refractivity contribution in [1.29, 1.82) is 5.26 Å². The van der Waals surface area contributed by atoms with Crippen LogP contribution in [0.25, 0.3) is 0 Å². The predicted octanol–water partition coefficient (Wildman–Crippen LogP) is -0.551. The fourth-order valence-corrected chi connectivity index (χ4v) is 1.12. The Balaban J connectivity index is 2.42. The van der Waals surface area contributed by atoms with Gasteiger partial charge in [-0.1, -0.05) is 0 Å². The lowest BCUT2D eigenvalue weighted by Gasteiger charge is -2.07. The Morgan fingerprint density at radius 3 is 3.06 bits per heavy atom. The van der Waals surface area contributed by atoms with E-state index in [0.717, 1.165) is 0 Å². The number of rotatable bonds is 6. The quantitative estimate of drug-likeness (QED) is 0.567. The zero-order chi connectivity index (χ0) is 12.7. The molecule has 5 N–H and O–H groups in total. The van der Waals surface area contributed by atoms with Crippen LogP contribution in [0, 0.1) is 11.3 Å². The van der Waals surface area contributed by atoms with Crippen LogP contribution in [0.4, 0.5) is 11.5 Å². The highest BCUT2D eigenvalue weighted by atomic mass is 16.5. The van der Waals surface area contributed by atoms with Gasteiger partial charge in [0.15, 0.2) is 0 Å². The van der Waals surface area contributed by atoms with Gasteiger partial charge in [0.1, 0.15) is 18.5 Å². The summed E-state index contributed by atoms with van der Waals surface area (Å²) in [4.78, 5) is 14.4. The van der Waals surface area contributed by atoms with Gasteiger partial charge >= 0.3 is 0 Å². The summed E-state index contributed by atoms with van der Waals surface area (Å²) in [6.45, 7) is 0.584. The molecule has 7 nitrogen and oxygen atoms in total. The third-order valence-electron chi connectivity index (χ3n) is 1.81. The van der Waals surface area contributed by atoms with Gasteiger partial charge in [0.25, 0.3) is 0 Å². The standard InChI is InChI=1S/C10H13N5O2/c11-4-7-3-8(12)5-15-10(7)14-1-2-17-6-9(13)16/h3,5H,1-2,6,12H2,(H2,13,16)(H,14,15). The second-order valence-corrected chi connectivity index (χ2v) is 3.22. The molecule has 0 radical (unpaired) electrons. The van der Waals surface area contributed by atoms with Crippen LogP contribution in [0.2, 0.25) is 0 Å². The minimum Gasteiger partial charge on any atom is -0.397 e. The van der Waals surface area contributed by atoms with Gasteiger partial charge < -0.3 is 21.5 Å². The SMILES string of the molecule is N#Cc1cc(N)cnc1NCCOCC(N)=O. The van der Waals surface area contributed by atoms with Crippen molar-refractivity contribution >= 4 is 17.4 Å². The average Bonchev–Trinajstić information content (AvgIpc) is 2.29. The summed E-state index contributed by atoms with van der Waals surface area (Å²) in [6.07, 6.45) is 1.45. The number of hydrogen-bond donors (Lipinski definition) is 3. The number of nitriles is 1. The maximum atomic E-state index is 10.4. The van der Waals surface area contributed by atoms with Gasteiger partial charge in [-0.25, -0.2) is 4.98 Å². The summed E-state index contributed by atoms with van der Waals surface area (Å²) in [7, 11) is 0. The van der Waals surface area contributed by atoms with E-state index in [1.807, 2.05) is 6.07 Å². The second kappa shape index (κ2) is 6.30. The van der Waals surface area contributed by atoms with Crippen molar-refractivity contribution < 1.29 is 9.53 Å². The molecule has 0 spiro atoms. The Kier molecular flexibility index (Phi) is 4.72. The first-order valence-electron chi connectivity index (χ1n) is 4.89. The van der Waals surface area contributed by atoms with E-state index in [-0.39, 0.29) is 6.61 Å². The van der Waals surface area contributed by atoms with Crippen molar-refractivity contribution in [3.05, 3.63) is 17.8 Å². The summed E-state index contributed by atoms with van der Waals surface area (Å²) in [5.74, 6) is -0.0855. The molecule has 0 aliphatic carbocycles. The molecule has 0 atom stereocenters. The van der Waals surface area contributed by atoms with Crippen LogP contribution >= 0.6 is 0 Å². The highest BCUT2D eigenvalue weighted by Gasteiger charge is 2.03. The van der Waals surface area contributed by atoms with E-state index in [0.29, 0.717) is 30.2 Å². The number of nitrogens with two attached hydrogens (primary N) is 2. The van der Waals surface area contributed by atoms with Crippen LogP contribution in [-0.4, -0.2) is 30.6 Å². The van der Waals surface area contributed by atoms with Gasteiger partial charge in [-0.05, 0) is 6.07 Å². The average molecular weight is 235 g/mol. The van der Waals surface area contributed by atoms with Crippen LogP contribution in [0.5, 0.6) is 0 Å². The molecule has 0 fully saturated rings. The number of pyridine rings is 1. The lowest BCUT2D eigenvalue weighted by Crippen LogP contribution is -2.20. The summed E-state index contributed by atoms with van der Waals surface area (Å²) in [6, 6.07) is 3.50. The van der Waals surface area contributed by atoms with Gasteiger partial charge in [-0.15, -0.1) is 0 Å². The molecule has 0 saturated heterocycles. The van der Waals surface area contributed by atoms with Crippen molar-refractivity contribution in [3.63, 3.8) is 0 Å². The molecule has 7 heteroatoms. The van der Waals surface area contributed by atoms with Gasteiger partial charge in [0, 0.05) is 6.54 Å². The highest BCUT2D eigenvalue weighted by Crippen LogP contribution is 2.13. The topological polar surface area (TPSA) is 127 Å². The smallest absolute Gasteiger partial charge is 0.243 e. The molecule has 1 aromatic rings. The molecule has 1 heterocycles. The Labute approximate surface area is 98.4 Å². The van der Waals surface area contributed by atoms with Crippen LogP contribution in [0.3, 0.4) is 0 Å². The number of nitrogen functional groups attached to an aromatic ring is 1. The van der Waals surface area contributed by atoms with Crippen LogP contribution < -0.4 is 16.8 Å². The monoisotopic (exact) mass is 235 g/mol. The normalized spacial score (nSPS) is 9.59. The Morgan fingerprint density at radius 1 is 1.65 bits per heavy atom. The van der Waals surface area contributed by atoms with Crippen LogP contribution in [0.1, 0.15) is 5.56 Å². The third-order valence-corrected chi connectivity index (χ3v) is 1.81. The third kappa shape index (κ3) is 4.36. The highest BCUT2D eigenvalue weighted by molar-refractivity contribution is 5.74. The molecule has 1 rings (SSSR count). The first-order valence-corrected chi connectivity index (χ1v) is 4.89. The lowest BCUT2D eigenvalue weighted by molar-refractivity contribution is -0.122. The van der Waals surface area contributed by atoms with E-state index in [9.17, 15) is 4.79 Å². The number of amides is 1. The van der Waals surface area contributed by atoms with Crippen molar-refractivity contribution in [1.82, 2.24) is 4.98 Å². The summed E-state index contributed by atoms with van der Waals surface area (Å²) in [5, 5.41) is 11.7. The Hall–Kier alpha value is -2.33. The van der Waals surface area contributed by atoms with Crippen molar-refractivity contribution in [2.24, 2.45) is 5.73 Å². The molecule has 0 aromatic carbocycles. The first kappa shape index (κ1) is 12.7. The van der Waals surface area contributed by atoms with Gasteiger partial charge in [-0.2, -0.15) is 5.26 Å². The minimum atomic E-state index is -0.520. The molecule has 0 unspecified atom stereocenters. The molecule has 0 aliphatic rings. The molecular weight excluding hydrogens is 222 g/mol. The van der Waals surface area contributed by atoms with Gasteiger partial charge in [-0.3, -0.25) is 4.79 Å². The second-order valence-electron chi connectivity index (χ2n) is 3.22. The minimum absolute atomic E-state index is 0.123. The first-order chi connectivity index (χ1) is 8.13. The number of nitrogens with one attached hydrogen (secondary N) is 1. The maximum absolute atomic E-state index is 10.4. The number of anilines is 2. The van der Waals surface area contributed by atoms with Gasteiger partial charge in [0.05, 0.1) is 24.1 Å². The lowest BCUT2D eigenvalue weighted by atomic mass is 10.2. The van der Waals surface area contributed by atoms with E-state index in [1.54, 1.807) is 0 Å². The maximum Gasteiger partial charge on any atom is 0.243 e. The predicted molar refractivity (Wildman–Crippen MR) is 61.9 cm³/mol. The number of carbonyl (C=O) groups excluding carboxylic acids is 1. The fraction of sp³-hybridized carbons (Fsp3) is 0.300. The fourth-order valence-electron chi connectivity index (χ4n) is 1.12. The van der Waals surface area contributed by atoms with E-state index in [2.05, 4.69) is 10.3 Å². The Bertz CT molecular complexity index is 441. The van der Waals surface area contributed by atoms with E-state index < -0.39 is 5.91 Å². The molecule has 0 aliphatic heterocycles. The Morgan fingerprint density at radius 2 is 2.41 bits per heavy atom. The number of hydrogen-bond acceptors (Lipinski definition) is 6. The summed E-state index contributed by atoms with van der Waals surface area (Å²) >= 11 is 0. The molecule has 0 saturated carbocycles. The molecule has 0 bridgehead atoms. The molecule has 17 heavy (non-hydrogen) atoms.